The Bertz CT molecular complexity index is 808. The van der Waals surface area contributed by atoms with Crippen LogP contribution in [0, 0.1) is 0 Å². The summed E-state index contributed by atoms with van der Waals surface area (Å²) in [5.74, 6) is 0.802. The highest BCUT2D eigenvalue weighted by molar-refractivity contribution is 6.34. The SMILES string of the molecule is COc1cccc(Cn2c(Cl)c(C=O)c3ccccc32)c1. The van der Waals surface area contributed by atoms with Crippen LogP contribution in [0.3, 0.4) is 0 Å². The van der Waals surface area contributed by atoms with Crippen LogP contribution in [0.25, 0.3) is 10.9 Å². The number of nitrogens with zero attached hydrogens (tertiary/aromatic N) is 1. The predicted molar refractivity (Wildman–Crippen MR) is 84.4 cm³/mol. The number of rotatable bonds is 4. The van der Waals surface area contributed by atoms with E-state index in [9.17, 15) is 4.79 Å². The summed E-state index contributed by atoms with van der Waals surface area (Å²) < 4.78 is 7.18. The molecule has 0 unspecified atom stereocenters. The Morgan fingerprint density at radius 2 is 2.00 bits per heavy atom. The lowest BCUT2D eigenvalue weighted by molar-refractivity contribution is 0.112. The van der Waals surface area contributed by atoms with E-state index >= 15 is 0 Å². The molecule has 0 radical (unpaired) electrons. The number of ether oxygens (including phenoxy) is 1. The fourth-order valence-electron chi connectivity index (χ4n) is 2.52. The molecule has 2 aromatic carbocycles. The van der Waals surface area contributed by atoms with Crippen LogP contribution in [0.1, 0.15) is 15.9 Å². The minimum absolute atomic E-state index is 0.467. The first-order valence-electron chi connectivity index (χ1n) is 6.59. The van der Waals surface area contributed by atoms with Crippen molar-refractivity contribution in [1.82, 2.24) is 4.57 Å². The normalized spacial score (nSPS) is 10.8. The number of carbonyl (C=O) groups is 1. The van der Waals surface area contributed by atoms with Gasteiger partial charge in [0.05, 0.1) is 18.2 Å². The molecule has 0 bridgehead atoms. The molecule has 0 saturated carbocycles. The van der Waals surface area contributed by atoms with E-state index < -0.39 is 0 Å². The van der Waals surface area contributed by atoms with Gasteiger partial charge in [0.1, 0.15) is 10.9 Å². The predicted octanol–water partition coefficient (Wildman–Crippen LogP) is 4.16. The summed E-state index contributed by atoms with van der Waals surface area (Å²) in [7, 11) is 1.64. The maximum absolute atomic E-state index is 11.3. The van der Waals surface area contributed by atoms with Crippen LogP contribution in [-0.2, 0) is 6.54 Å². The van der Waals surface area contributed by atoms with E-state index in [1.54, 1.807) is 7.11 Å². The summed E-state index contributed by atoms with van der Waals surface area (Å²) in [6.45, 7) is 0.588. The third-order valence-corrected chi connectivity index (χ3v) is 3.94. The highest BCUT2D eigenvalue weighted by atomic mass is 35.5. The van der Waals surface area contributed by atoms with Crippen LogP contribution < -0.4 is 4.74 Å². The third kappa shape index (κ3) is 2.41. The molecule has 3 rings (SSSR count). The quantitative estimate of drug-likeness (QED) is 0.677. The number of methoxy groups -OCH3 is 1. The second-order valence-corrected chi connectivity index (χ2v) is 5.14. The van der Waals surface area contributed by atoms with E-state index in [0.717, 1.165) is 28.5 Å². The summed E-state index contributed by atoms with van der Waals surface area (Å²) in [5, 5.41) is 1.34. The third-order valence-electron chi connectivity index (χ3n) is 3.54. The maximum atomic E-state index is 11.3. The van der Waals surface area contributed by atoms with Gasteiger partial charge >= 0.3 is 0 Å². The molecule has 0 amide bonds. The van der Waals surface area contributed by atoms with Crippen LogP contribution in [0.15, 0.2) is 48.5 Å². The monoisotopic (exact) mass is 299 g/mol. The largest absolute Gasteiger partial charge is 0.497 e. The van der Waals surface area contributed by atoms with Crippen LogP contribution >= 0.6 is 11.6 Å². The Balaban J connectivity index is 2.12. The molecule has 3 nitrogen and oxygen atoms in total. The number of halogens is 1. The Morgan fingerprint density at radius 1 is 1.19 bits per heavy atom. The van der Waals surface area contributed by atoms with E-state index in [1.165, 1.54) is 0 Å². The lowest BCUT2D eigenvalue weighted by Crippen LogP contribution is -2.00. The zero-order valence-corrected chi connectivity index (χ0v) is 12.3. The van der Waals surface area contributed by atoms with Gasteiger partial charge in [-0.15, -0.1) is 0 Å². The average molecular weight is 300 g/mol. The standard InChI is InChI=1S/C17H14ClNO2/c1-21-13-6-4-5-12(9-13)10-19-16-8-3-2-7-14(16)15(11-20)17(19)18/h2-9,11H,10H2,1H3. The first-order valence-corrected chi connectivity index (χ1v) is 6.97. The van der Waals surface area contributed by atoms with Gasteiger partial charge < -0.3 is 9.30 Å². The van der Waals surface area contributed by atoms with Crippen LogP contribution in [0.2, 0.25) is 5.15 Å². The van der Waals surface area contributed by atoms with Crippen molar-refractivity contribution in [3.8, 4) is 5.75 Å². The highest BCUT2D eigenvalue weighted by Gasteiger charge is 2.14. The van der Waals surface area contributed by atoms with Gasteiger partial charge in [0, 0.05) is 11.9 Å². The van der Waals surface area contributed by atoms with Crippen LogP contribution in [0.5, 0.6) is 5.75 Å². The number of hydrogen-bond acceptors (Lipinski definition) is 2. The van der Waals surface area contributed by atoms with Gasteiger partial charge in [0.15, 0.2) is 6.29 Å². The summed E-state index contributed by atoms with van der Waals surface area (Å²) in [6, 6.07) is 15.5. The molecule has 0 aliphatic heterocycles. The molecule has 0 N–H and O–H groups in total. The smallest absolute Gasteiger partial charge is 0.153 e. The first kappa shape index (κ1) is 13.7. The molecule has 1 aromatic heterocycles. The first-order chi connectivity index (χ1) is 10.2. The van der Waals surface area contributed by atoms with Crippen molar-refractivity contribution in [3.63, 3.8) is 0 Å². The Labute approximate surface area is 127 Å². The molecule has 4 heteroatoms. The Kier molecular flexibility index (Phi) is 3.67. The van der Waals surface area contributed by atoms with Gasteiger partial charge in [-0.3, -0.25) is 4.79 Å². The van der Waals surface area contributed by atoms with Crippen molar-refractivity contribution >= 4 is 28.8 Å². The van der Waals surface area contributed by atoms with E-state index in [1.807, 2.05) is 53.1 Å². The maximum Gasteiger partial charge on any atom is 0.153 e. The van der Waals surface area contributed by atoms with Gasteiger partial charge in [-0.25, -0.2) is 0 Å². The molecule has 0 spiro atoms. The Morgan fingerprint density at radius 3 is 2.76 bits per heavy atom. The van der Waals surface area contributed by atoms with Crippen molar-refractivity contribution < 1.29 is 9.53 Å². The number of hydrogen-bond donors (Lipinski definition) is 0. The second-order valence-electron chi connectivity index (χ2n) is 4.78. The van der Waals surface area contributed by atoms with Crippen LogP contribution in [0.4, 0.5) is 0 Å². The van der Waals surface area contributed by atoms with Crippen molar-refractivity contribution in [2.45, 2.75) is 6.54 Å². The van der Waals surface area contributed by atoms with Gasteiger partial charge in [-0.2, -0.15) is 0 Å². The summed E-state index contributed by atoms with van der Waals surface area (Å²) in [4.78, 5) is 11.3. The molecule has 0 aliphatic carbocycles. The lowest BCUT2D eigenvalue weighted by Gasteiger charge is -2.09. The van der Waals surface area contributed by atoms with Crippen molar-refractivity contribution in [3.05, 3.63) is 64.8 Å². The van der Waals surface area contributed by atoms with Gasteiger partial charge in [-0.1, -0.05) is 41.9 Å². The number of aromatic nitrogens is 1. The molecule has 0 atom stereocenters. The molecule has 3 aromatic rings. The molecular weight excluding hydrogens is 286 g/mol. The van der Waals surface area contributed by atoms with Crippen LogP contribution in [-0.4, -0.2) is 18.0 Å². The van der Waals surface area contributed by atoms with Gasteiger partial charge in [0.25, 0.3) is 0 Å². The lowest BCUT2D eigenvalue weighted by atomic mass is 10.2. The molecule has 21 heavy (non-hydrogen) atoms. The minimum atomic E-state index is 0.467. The molecular formula is C17H14ClNO2. The topological polar surface area (TPSA) is 31.2 Å². The highest BCUT2D eigenvalue weighted by Crippen LogP contribution is 2.29. The molecule has 0 aliphatic rings. The minimum Gasteiger partial charge on any atom is -0.497 e. The number of carbonyl (C=O) groups excluding carboxylic acids is 1. The number of para-hydroxylation sites is 1. The van der Waals surface area contributed by atoms with Crippen molar-refractivity contribution in [2.75, 3.05) is 7.11 Å². The number of fused-ring (bicyclic) bond motifs is 1. The summed E-state index contributed by atoms with van der Waals surface area (Å²) in [5.41, 5.74) is 2.55. The average Bonchev–Trinajstić information content (AvgIpc) is 2.79. The second kappa shape index (κ2) is 5.62. The molecule has 0 fully saturated rings. The molecule has 106 valence electrons. The summed E-state index contributed by atoms with van der Waals surface area (Å²) >= 11 is 6.38. The van der Waals surface area contributed by atoms with Crippen molar-refractivity contribution in [2.24, 2.45) is 0 Å². The van der Waals surface area contributed by atoms with Gasteiger partial charge in [-0.05, 0) is 23.8 Å². The zero-order valence-electron chi connectivity index (χ0n) is 11.5. The fraction of sp³-hybridized carbons (Fsp3) is 0.118. The van der Waals surface area contributed by atoms with E-state index in [2.05, 4.69) is 0 Å². The van der Waals surface area contributed by atoms with E-state index in [-0.39, 0.29) is 0 Å². The summed E-state index contributed by atoms with van der Waals surface area (Å²) in [6.07, 6.45) is 0.812. The van der Waals surface area contributed by atoms with E-state index in [0.29, 0.717) is 17.3 Å². The molecule has 0 saturated heterocycles. The zero-order chi connectivity index (χ0) is 14.8. The number of benzene rings is 2. The number of aldehydes is 1. The van der Waals surface area contributed by atoms with Gasteiger partial charge in [0.2, 0.25) is 0 Å². The van der Waals surface area contributed by atoms with Crippen molar-refractivity contribution in [1.29, 1.82) is 0 Å². The Hall–Kier alpha value is -2.26. The molecule has 1 heterocycles. The fourth-order valence-corrected chi connectivity index (χ4v) is 2.82. The van der Waals surface area contributed by atoms with E-state index in [4.69, 9.17) is 16.3 Å².